The number of benzene rings is 1. The number of aryl methyl sites for hydroxylation is 2. The minimum atomic E-state index is -3.62. The highest BCUT2D eigenvalue weighted by Gasteiger charge is 2.51. The maximum atomic E-state index is 12.7. The van der Waals surface area contributed by atoms with E-state index in [0.29, 0.717) is 5.69 Å². The number of rotatable bonds is 5. The Morgan fingerprint density at radius 2 is 1.59 bits per heavy atom. The molecule has 4 fully saturated rings. The van der Waals surface area contributed by atoms with E-state index in [4.69, 9.17) is 0 Å². The number of nitrogens with one attached hydrogen (secondary N) is 2. The summed E-state index contributed by atoms with van der Waals surface area (Å²) >= 11 is 0. The van der Waals surface area contributed by atoms with Crippen molar-refractivity contribution in [3.8, 4) is 0 Å². The highest BCUT2D eigenvalue weighted by molar-refractivity contribution is 7.92. The van der Waals surface area contributed by atoms with Crippen molar-refractivity contribution in [1.29, 1.82) is 0 Å². The van der Waals surface area contributed by atoms with Crippen molar-refractivity contribution in [3.05, 3.63) is 47.7 Å². The lowest BCUT2D eigenvalue weighted by atomic mass is 9.53. The molecule has 1 heterocycles. The van der Waals surface area contributed by atoms with E-state index in [1.807, 2.05) is 26.0 Å². The molecular formula is C23H29N3O2S. The Kier molecular flexibility index (Phi) is 4.39. The van der Waals surface area contributed by atoms with Crippen LogP contribution in [-0.2, 0) is 10.0 Å². The van der Waals surface area contributed by atoms with Crippen LogP contribution < -0.4 is 10.0 Å². The van der Waals surface area contributed by atoms with Gasteiger partial charge in [0.25, 0.3) is 10.0 Å². The molecular weight excluding hydrogens is 382 g/mol. The lowest BCUT2D eigenvalue weighted by molar-refractivity contribution is 0.0105. The largest absolute Gasteiger partial charge is 0.365 e. The van der Waals surface area contributed by atoms with Crippen molar-refractivity contribution < 1.29 is 8.42 Å². The van der Waals surface area contributed by atoms with Crippen molar-refractivity contribution in [2.75, 3.05) is 10.0 Å². The molecule has 2 N–H and O–H groups in total. The molecule has 4 saturated carbocycles. The molecule has 0 saturated heterocycles. The molecule has 0 aliphatic heterocycles. The zero-order valence-corrected chi connectivity index (χ0v) is 17.9. The Morgan fingerprint density at radius 3 is 2.14 bits per heavy atom. The fraction of sp³-hybridized carbons (Fsp3) is 0.522. The highest BCUT2D eigenvalue weighted by atomic mass is 32.2. The van der Waals surface area contributed by atoms with Gasteiger partial charge in [-0.2, -0.15) is 0 Å². The molecule has 4 bridgehead atoms. The first kappa shape index (κ1) is 18.9. The Bertz CT molecular complexity index is 995. The molecule has 29 heavy (non-hydrogen) atoms. The Morgan fingerprint density at radius 1 is 0.931 bits per heavy atom. The standard InChI is InChI=1S/C23H29N3O2S/c1-15-3-5-21(7-16(15)2)29(27,28)26-20-4-6-22(24-14-20)25-23-11-17-8-18(12-23)10-19(9-17)13-23/h3-7,14,17-19,26H,8-13H2,1-2H3,(H,24,25). The van der Waals surface area contributed by atoms with Gasteiger partial charge >= 0.3 is 0 Å². The summed E-state index contributed by atoms with van der Waals surface area (Å²) < 4.78 is 28.0. The average molecular weight is 412 g/mol. The number of hydrogen-bond acceptors (Lipinski definition) is 4. The first-order valence-electron chi connectivity index (χ1n) is 10.6. The molecule has 0 radical (unpaired) electrons. The van der Waals surface area contributed by atoms with Crippen LogP contribution in [0.5, 0.6) is 0 Å². The third kappa shape index (κ3) is 3.63. The number of aromatic nitrogens is 1. The number of hydrogen-bond donors (Lipinski definition) is 2. The molecule has 4 aliphatic carbocycles. The van der Waals surface area contributed by atoms with E-state index in [0.717, 1.165) is 34.7 Å². The zero-order valence-electron chi connectivity index (χ0n) is 17.1. The van der Waals surface area contributed by atoms with Gasteiger partial charge in [0.1, 0.15) is 5.82 Å². The predicted octanol–water partition coefficient (Wildman–Crippen LogP) is 4.88. The summed E-state index contributed by atoms with van der Waals surface area (Å²) in [7, 11) is -3.62. The van der Waals surface area contributed by atoms with Crippen LogP contribution in [0.2, 0.25) is 0 Å². The normalized spacial score (nSPS) is 30.3. The van der Waals surface area contributed by atoms with Gasteiger partial charge in [-0.15, -0.1) is 0 Å². The van der Waals surface area contributed by atoms with Gasteiger partial charge in [0.2, 0.25) is 0 Å². The predicted molar refractivity (Wildman–Crippen MR) is 115 cm³/mol. The van der Waals surface area contributed by atoms with Crippen LogP contribution in [0.15, 0.2) is 41.4 Å². The fourth-order valence-corrected chi connectivity index (χ4v) is 7.29. The van der Waals surface area contributed by atoms with Crippen molar-refractivity contribution in [3.63, 3.8) is 0 Å². The van der Waals surface area contributed by atoms with Crippen LogP contribution in [0, 0.1) is 31.6 Å². The van der Waals surface area contributed by atoms with Gasteiger partial charge in [-0.3, -0.25) is 4.72 Å². The van der Waals surface area contributed by atoms with E-state index in [2.05, 4.69) is 15.0 Å². The van der Waals surface area contributed by atoms with Gasteiger partial charge in [-0.25, -0.2) is 13.4 Å². The van der Waals surface area contributed by atoms with Gasteiger partial charge in [0, 0.05) is 5.54 Å². The Labute approximate surface area is 173 Å². The minimum Gasteiger partial charge on any atom is -0.365 e. The summed E-state index contributed by atoms with van der Waals surface area (Å²) in [5.74, 6) is 3.47. The first-order valence-corrected chi connectivity index (χ1v) is 12.1. The van der Waals surface area contributed by atoms with Crippen LogP contribution in [0.3, 0.4) is 0 Å². The second-order valence-electron chi connectivity index (χ2n) is 9.61. The second-order valence-corrected chi connectivity index (χ2v) is 11.3. The molecule has 0 amide bonds. The zero-order chi connectivity index (χ0) is 20.2. The van der Waals surface area contributed by atoms with Gasteiger partial charge in [0.05, 0.1) is 16.8 Å². The number of anilines is 2. The maximum absolute atomic E-state index is 12.7. The summed E-state index contributed by atoms with van der Waals surface area (Å²) in [5.41, 5.74) is 2.72. The molecule has 5 nitrogen and oxygen atoms in total. The highest BCUT2D eigenvalue weighted by Crippen LogP contribution is 2.56. The second kappa shape index (κ2) is 6.73. The summed E-state index contributed by atoms with van der Waals surface area (Å²) in [5, 5.41) is 3.73. The van der Waals surface area contributed by atoms with Crippen LogP contribution in [0.4, 0.5) is 11.5 Å². The summed E-state index contributed by atoms with van der Waals surface area (Å²) in [6.07, 6.45) is 9.60. The molecule has 6 rings (SSSR count). The molecule has 2 aromatic rings. The Hall–Kier alpha value is -2.08. The lowest BCUT2D eigenvalue weighted by Crippen LogP contribution is -2.54. The quantitative estimate of drug-likeness (QED) is 0.736. The molecule has 4 aliphatic rings. The van der Waals surface area contributed by atoms with E-state index in [1.165, 1.54) is 38.5 Å². The molecule has 1 aromatic heterocycles. The van der Waals surface area contributed by atoms with E-state index in [9.17, 15) is 8.42 Å². The van der Waals surface area contributed by atoms with E-state index in [-0.39, 0.29) is 10.4 Å². The molecule has 0 spiro atoms. The van der Waals surface area contributed by atoms with Gasteiger partial charge in [-0.1, -0.05) is 6.07 Å². The van der Waals surface area contributed by atoms with E-state index >= 15 is 0 Å². The molecule has 0 unspecified atom stereocenters. The smallest absolute Gasteiger partial charge is 0.261 e. The van der Waals surface area contributed by atoms with Crippen molar-refractivity contribution in [2.45, 2.75) is 62.8 Å². The summed E-state index contributed by atoms with van der Waals surface area (Å²) in [6.45, 7) is 3.89. The SMILES string of the molecule is Cc1ccc(S(=O)(=O)Nc2ccc(NC34CC5CC(CC(C5)C3)C4)nc2)cc1C. The number of pyridine rings is 1. The third-order valence-corrected chi connectivity index (χ3v) is 8.61. The van der Waals surface area contributed by atoms with Gasteiger partial charge in [0.15, 0.2) is 0 Å². The lowest BCUT2D eigenvalue weighted by Gasteiger charge is -2.57. The van der Waals surface area contributed by atoms with Crippen LogP contribution in [0.25, 0.3) is 0 Å². The van der Waals surface area contributed by atoms with Crippen molar-refractivity contribution in [2.24, 2.45) is 17.8 Å². The number of nitrogens with zero attached hydrogens (tertiary/aromatic N) is 1. The molecule has 154 valence electrons. The molecule has 6 heteroatoms. The van der Waals surface area contributed by atoms with Crippen molar-refractivity contribution in [1.82, 2.24) is 4.98 Å². The Balaban J connectivity index is 1.30. The fourth-order valence-electron chi connectivity index (χ4n) is 6.16. The van der Waals surface area contributed by atoms with Crippen LogP contribution in [0.1, 0.15) is 49.7 Å². The topological polar surface area (TPSA) is 71.1 Å². The summed E-state index contributed by atoms with van der Waals surface area (Å²) in [4.78, 5) is 4.80. The summed E-state index contributed by atoms with van der Waals surface area (Å²) in [6, 6.07) is 8.88. The first-order chi connectivity index (χ1) is 13.8. The molecule has 1 aromatic carbocycles. The average Bonchev–Trinajstić information content (AvgIpc) is 2.64. The van der Waals surface area contributed by atoms with E-state index < -0.39 is 10.0 Å². The van der Waals surface area contributed by atoms with Gasteiger partial charge in [-0.05, 0) is 106 Å². The van der Waals surface area contributed by atoms with Crippen molar-refractivity contribution >= 4 is 21.5 Å². The van der Waals surface area contributed by atoms with E-state index in [1.54, 1.807) is 24.4 Å². The third-order valence-electron chi connectivity index (χ3n) is 7.24. The van der Waals surface area contributed by atoms with Crippen LogP contribution >= 0.6 is 0 Å². The maximum Gasteiger partial charge on any atom is 0.261 e. The number of sulfonamides is 1. The minimum absolute atomic E-state index is 0.197. The van der Waals surface area contributed by atoms with Crippen LogP contribution in [-0.4, -0.2) is 18.9 Å². The van der Waals surface area contributed by atoms with Gasteiger partial charge < -0.3 is 5.32 Å². The molecule has 0 atom stereocenters. The monoisotopic (exact) mass is 411 g/mol.